The van der Waals surface area contributed by atoms with Crippen molar-refractivity contribution in [3.63, 3.8) is 0 Å². The van der Waals surface area contributed by atoms with E-state index in [1.54, 1.807) is 13.1 Å². The molecule has 0 saturated carbocycles. The molecule has 0 aromatic heterocycles. The number of hydrogen-bond donors (Lipinski definition) is 2. The highest BCUT2D eigenvalue weighted by Crippen LogP contribution is 1.99. The van der Waals surface area contributed by atoms with Crippen LogP contribution in [-0.2, 0) is 0 Å². The van der Waals surface area contributed by atoms with E-state index in [0.717, 1.165) is 5.70 Å². The summed E-state index contributed by atoms with van der Waals surface area (Å²) in [6.45, 7) is 5.66. The minimum absolute atomic E-state index is 0.686. The van der Waals surface area contributed by atoms with E-state index in [9.17, 15) is 0 Å². The van der Waals surface area contributed by atoms with Crippen LogP contribution in [0.25, 0.3) is 0 Å². The van der Waals surface area contributed by atoms with Gasteiger partial charge in [0.2, 0.25) is 0 Å². The molecule has 0 fully saturated rings. The fourth-order valence-corrected chi connectivity index (χ4v) is 0.643. The molecule has 0 aliphatic rings. The zero-order valence-electron chi connectivity index (χ0n) is 7.91. The van der Waals surface area contributed by atoms with Crippen molar-refractivity contribution in [2.24, 2.45) is 11.6 Å². The number of nitrogens with two attached hydrogens (primary N) is 2. The Morgan fingerprint density at radius 2 is 1.92 bits per heavy atom. The third-order valence-corrected chi connectivity index (χ3v) is 1.28. The van der Waals surface area contributed by atoms with Crippen LogP contribution in [0.2, 0.25) is 0 Å². The third-order valence-electron chi connectivity index (χ3n) is 1.28. The van der Waals surface area contributed by atoms with Crippen LogP contribution in [0.1, 0.15) is 20.8 Å². The van der Waals surface area contributed by atoms with E-state index < -0.39 is 0 Å². The molecular weight excluding hydrogens is 150 g/mol. The van der Waals surface area contributed by atoms with Crippen LogP contribution in [-0.4, -0.2) is 5.01 Å². The monoisotopic (exact) mass is 167 g/mol. The first-order valence-electron chi connectivity index (χ1n) is 3.85. The molecule has 3 nitrogen and oxygen atoms in total. The summed E-state index contributed by atoms with van der Waals surface area (Å²) >= 11 is 0. The molecule has 0 amide bonds. The Hall–Kier alpha value is -1.22. The van der Waals surface area contributed by atoms with Gasteiger partial charge in [0, 0.05) is 17.6 Å². The lowest BCUT2D eigenvalue weighted by atomic mass is 10.4. The molecule has 0 aromatic carbocycles. The molecule has 0 aliphatic carbocycles. The lowest BCUT2D eigenvalue weighted by Crippen LogP contribution is -2.23. The normalized spacial score (nSPS) is 14.0. The Morgan fingerprint density at radius 3 is 2.33 bits per heavy atom. The highest BCUT2D eigenvalue weighted by atomic mass is 15.4. The van der Waals surface area contributed by atoms with Crippen molar-refractivity contribution >= 4 is 0 Å². The summed E-state index contributed by atoms with van der Waals surface area (Å²) in [4.78, 5) is 0. The van der Waals surface area contributed by atoms with Gasteiger partial charge in [-0.1, -0.05) is 12.2 Å². The summed E-state index contributed by atoms with van der Waals surface area (Å²) in [5.41, 5.74) is 7.08. The zero-order valence-corrected chi connectivity index (χ0v) is 7.91. The topological polar surface area (TPSA) is 55.3 Å². The van der Waals surface area contributed by atoms with Crippen molar-refractivity contribution < 1.29 is 0 Å². The van der Waals surface area contributed by atoms with Gasteiger partial charge in [0.1, 0.15) is 0 Å². The summed E-state index contributed by atoms with van der Waals surface area (Å²) in [7, 11) is 0. The molecule has 68 valence electrons. The van der Waals surface area contributed by atoms with Crippen LogP contribution < -0.4 is 11.6 Å². The Bertz CT molecular complexity index is 210. The number of hydrazine groups is 1. The van der Waals surface area contributed by atoms with Gasteiger partial charge in [-0.2, -0.15) is 0 Å². The van der Waals surface area contributed by atoms with Gasteiger partial charge in [0.25, 0.3) is 0 Å². The van der Waals surface area contributed by atoms with Crippen LogP contribution in [0.5, 0.6) is 0 Å². The Labute approximate surface area is 74.0 Å². The first-order valence-corrected chi connectivity index (χ1v) is 3.85. The SMILES string of the molecule is C/C=C\C=C(/C)N(N)/C=C(/C)N. The zero-order chi connectivity index (χ0) is 9.56. The number of rotatable bonds is 3. The summed E-state index contributed by atoms with van der Waals surface area (Å²) in [6, 6.07) is 0. The molecule has 0 unspecified atom stereocenters. The number of nitrogens with zero attached hydrogens (tertiary/aromatic N) is 1. The maximum absolute atomic E-state index is 5.63. The first-order chi connectivity index (χ1) is 5.57. The van der Waals surface area contributed by atoms with Crippen LogP contribution in [0.3, 0.4) is 0 Å². The van der Waals surface area contributed by atoms with Crippen LogP contribution in [0.15, 0.2) is 35.8 Å². The minimum Gasteiger partial charge on any atom is -0.401 e. The fraction of sp³-hybridized carbons (Fsp3) is 0.333. The highest BCUT2D eigenvalue weighted by molar-refractivity contribution is 5.11. The molecular formula is C9H17N3. The second kappa shape index (κ2) is 5.43. The smallest absolute Gasteiger partial charge is 0.0394 e. The number of hydrogen-bond acceptors (Lipinski definition) is 3. The van der Waals surface area contributed by atoms with Gasteiger partial charge in [0.05, 0.1) is 0 Å². The second-order valence-electron chi connectivity index (χ2n) is 2.61. The van der Waals surface area contributed by atoms with Crippen molar-refractivity contribution in [2.75, 3.05) is 0 Å². The van der Waals surface area contributed by atoms with Crippen molar-refractivity contribution in [3.8, 4) is 0 Å². The van der Waals surface area contributed by atoms with E-state index in [-0.39, 0.29) is 0 Å². The Kier molecular flexibility index (Phi) is 4.88. The molecule has 4 N–H and O–H groups in total. The molecule has 0 spiro atoms. The highest BCUT2D eigenvalue weighted by Gasteiger charge is 1.92. The average Bonchev–Trinajstić information content (AvgIpc) is 1.98. The van der Waals surface area contributed by atoms with Crippen LogP contribution >= 0.6 is 0 Å². The molecule has 3 heteroatoms. The van der Waals surface area contributed by atoms with E-state index in [4.69, 9.17) is 11.6 Å². The van der Waals surface area contributed by atoms with E-state index >= 15 is 0 Å². The minimum atomic E-state index is 0.686. The van der Waals surface area contributed by atoms with E-state index in [1.165, 1.54) is 5.01 Å². The van der Waals surface area contributed by atoms with E-state index in [0.29, 0.717) is 5.70 Å². The van der Waals surface area contributed by atoms with Crippen molar-refractivity contribution in [3.05, 3.63) is 35.8 Å². The van der Waals surface area contributed by atoms with Gasteiger partial charge >= 0.3 is 0 Å². The lowest BCUT2D eigenvalue weighted by molar-refractivity contribution is 0.488. The molecule has 0 saturated heterocycles. The fourth-order valence-electron chi connectivity index (χ4n) is 0.643. The maximum Gasteiger partial charge on any atom is 0.0394 e. The standard InChI is InChI=1S/C9H17N3/c1-4-5-6-9(3)12(11)7-8(2)10/h4-7H,10-11H2,1-3H3/b5-4-,8-7-,9-6+. The molecule has 0 radical (unpaired) electrons. The van der Waals surface area contributed by atoms with Crippen molar-refractivity contribution in [2.45, 2.75) is 20.8 Å². The molecule has 0 bridgehead atoms. The van der Waals surface area contributed by atoms with Crippen LogP contribution in [0.4, 0.5) is 0 Å². The van der Waals surface area contributed by atoms with E-state index in [1.807, 2.05) is 32.1 Å². The molecule has 0 aromatic rings. The Morgan fingerprint density at radius 1 is 1.33 bits per heavy atom. The Balaban J connectivity index is 4.28. The van der Waals surface area contributed by atoms with Gasteiger partial charge < -0.3 is 5.73 Å². The van der Waals surface area contributed by atoms with Crippen LogP contribution in [0, 0.1) is 0 Å². The molecule has 0 heterocycles. The van der Waals surface area contributed by atoms with Gasteiger partial charge in [-0.05, 0) is 26.8 Å². The summed E-state index contributed by atoms with van der Waals surface area (Å²) in [6.07, 6.45) is 7.46. The maximum atomic E-state index is 5.63. The van der Waals surface area contributed by atoms with Gasteiger partial charge in [-0.15, -0.1) is 0 Å². The van der Waals surface area contributed by atoms with Crippen molar-refractivity contribution in [1.82, 2.24) is 5.01 Å². The van der Waals surface area contributed by atoms with Gasteiger partial charge in [-0.3, -0.25) is 5.01 Å². The summed E-state index contributed by atoms with van der Waals surface area (Å²) < 4.78 is 0. The predicted molar refractivity (Wildman–Crippen MR) is 52.5 cm³/mol. The average molecular weight is 167 g/mol. The van der Waals surface area contributed by atoms with Crippen molar-refractivity contribution in [1.29, 1.82) is 0 Å². The summed E-state index contributed by atoms with van der Waals surface area (Å²) in [5.74, 6) is 5.63. The summed E-state index contributed by atoms with van der Waals surface area (Å²) in [5, 5.41) is 1.50. The molecule has 12 heavy (non-hydrogen) atoms. The van der Waals surface area contributed by atoms with Gasteiger partial charge in [0.15, 0.2) is 0 Å². The van der Waals surface area contributed by atoms with E-state index in [2.05, 4.69) is 0 Å². The molecule has 0 aliphatic heterocycles. The largest absolute Gasteiger partial charge is 0.401 e. The third kappa shape index (κ3) is 4.57. The predicted octanol–water partition coefficient (Wildman–Crippen LogP) is 1.46. The quantitative estimate of drug-likeness (QED) is 0.380. The molecule has 0 rings (SSSR count). The second-order valence-corrected chi connectivity index (χ2v) is 2.61. The number of allylic oxidation sites excluding steroid dienone is 5. The lowest BCUT2D eigenvalue weighted by Gasteiger charge is -2.13. The van der Waals surface area contributed by atoms with Gasteiger partial charge in [-0.25, -0.2) is 5.84 Å². The molecule has 0 atom stereocenters. The first kappa shape index (κ1) is 10.8.